The first kappa shape index (κ1) is 20.3. The molecule has 7 heteroatoms. The number of carbonyl (C=O) groups is 2. The highest BCUT2D eigenvalue weighted by molar-refractivity contribution is 5.95. The molecule has 0 radical (unpaired) electrons. The van der Waals surface area contributed by atoms with Crippen molar-refractivity contribution in [1.29, 1.82) is 0 Å². The first-order valence-corrected chi connectivity index (χ1v) is 9.24. The lowest BCUT2D eigenvalue weighted by Gasteiger charge is -2.21. The summed E-state index contributed by atoms with van der Waals surface area (Å²) in [6.45, 7) is 3.86. The molecule has 2 aromatic carbocycles. The van der Waals surface area contributed by atoms with Crippen LogP contribution in [-0.2, 0) is 11.2 Å². The second kappa shape index (κ2) is 8.70. The van der Waals surface area contributed by atoms with Crippen LogP contribution in [0.25, 0.3) is 5.69 Å². The number of amides is 1. The third kappa shape index (κ3) is 4.89. The molecule has 0 aliphatic carbocycles. The van der Waals surface area contributed by atoms with Crippen LogP contribution in [0.15, 0.2) is 60.7 Å². The van der Waals surface area contributed by atoms with Crippen molar-refractivity contribution in [3.8, 4) is 5.69 Å². The molecule has 2 atom stereocenters. The summed E-state index contributed by atoms with van der Waals surface area (Å²) < 4.78 is 1.78. The summed E-state index contributed by atoms with van der Waals surface area (Å²) in [5.74, 6) is -1.84. The van der Waals surface area contributed by atoms with E-state index in [4.69, 9.17) is 0 Å². The van der Waals surface area contributed by atoms with Crippen LogP contribution in [0.2, 0.25) is 0 Å². The molecular formula is C22H23N3O4. The Kier molecular flexibility index (Phi) is 6.09. The van der Waals surface area contributed by atoms with Crippen LogP contribution in [0, 0.1) is 13.8 Å². The number of aliphatic carboxylic acids is 1. The van der Waals surface area contributed by atoms with Gasteiger partial charge in [-0.2, -0.15) is 5.10 Å². The van der Waals surface area contributed by atoms with Gasteiger partial charge in [0.15, 0.2) is 6.10 Å². The number of aryl methyl sites for hydroxylation is 2. The second-order valence-electron chi connectivity index (χ2n) is 6.94. The van der Waals surface area contributed by atoms with Gasteiger partial charge in [0, 0.05) is 11.3 Å². The molecule has 0 saturated carbocycles. The zero-order chi connectivity index (χ0) is 21.0. The van der Waals surface area contributed by atoms with Crippen LogP contribution in [0.5, 0.6) is 0 Å². The van der Waals surface area contributed by atoms with Crippen LogP contribution in [0.4, 0.5) is 0 Å². The normalized spacial score (nSPS) is 12.9. The smallest absolute Gasteiger partial charge is 0.334 e. The third-order valence-corrected chi connectivity index (χ3v) is 4.63. The summed E-state index contributed by atoms with van der Waals surface area (Å²) >= 11 is 0. The fourth-order valence-electron chi connectivity index (χ4n) is 3.18. The Hall–Kier alpha value is -3.45. The van der Waals surface area contributed by atoms with Crippen molar-refractivity contribution >= 4 is 11.9 Å². The number of benzene rings is 2. The van der Waals surface area contributed by atoms with Gasteiger partial charge in [0.1, 0.15) is 0 Å². The maximum Gasteiger partial charge on any atom is 0.334 e. The van der Waals surface area contributed by atoms with Gasteiger partial charge in [-0.05, 0) is 56.2 Å². The quantitative estimate of drug-likeness (QED) is 0.571. The van der Waals surface area contributed by atoms with Gasteiger partial charge in [-0.1, -0.05) is 30.3 Å². The van der Waals surface area contributed by atoms with E-state index in [0.717, 1.165) is 22.6 Å². The van der Waals surface area contributed by atoms with E-state index < -0.39 is 24.0 Å². The van der Waals surface area contributed by atoms with Crippen LogP contribution in [0.1, 0.15) is 27.3 Å². The predicted molar refractivity (Wildman–Crippen MR) is 108 cm³/mol. The Balaban J connectivity index is 1.76. The molecule has 0 aliphatic rings. The SMILES string of the molecule is Cc1cc(C)n(-c2ccc(C(=O)N[C@H](Cc3ccccc3)[C@@H](O)C(=O)O)cc2)n1. The summed E-state index contributed by atoms with van der Waals surface area (Å²) in [4.78, 5) is 23.9. The van der Waals surface area contributed by atoms with Gasteiger partial charge in [0.05, 0.1) is 17.4 Å². The molecule has 3 N–H and O–H groups in total. The Morgan fingerprint density at radius 3 is 2.28 bits per heavy atom. The minimum atomic E-state index is -1.71. The summed E-state index contributed by atoms with van der Waals surface area (Å²) in [5.41, 5.74) is 3.88. The number of carboxylic acids is 1. The van der Waals surface area contributed by atoms with E-state index in [1.165, 1.54) is 0 Å². The summed E-state index contributed by atoms with van der Waals surface area (Å²) in [6.07, 6.45) is -1.52. The molecule has 1 amide bonds. The van der Waals surface area contributed by atoms with Crippen LogP contribution in [-0.4, -0.2) is 44.0 Å². The minimum absolute atomic E-state index is 0.198. The van der Waals surface area contributed by atoms with Gasteiger partial charge in [-0.3, -0.25) is 4.79 Å². The molecule has 7 nitrogen and oxygen atoms in total. The largest absolute Gasteiger partial charge is 0.479 e. The number of aliphatic hydroxyl groups is 1. The fraction of sp³-hybridized carbons (Fsp3) is 0.227. The van der Waals surface area contributed by atoms with E-state index >= 15 is 0 Å². The van der Waals surface area contributed by atoms with E-state index in [1.54, 1.807) is 28.9 Å². The van der Waals surface area contributed by atoms with E-state index in [-0.39, 0.29) is 6.42 Å². The molecule has 1 heterocycles. The molecule has 3 rings (SSSR count). The summed E-state index contributed by atoms with van der Waals surface area (Å²) in [5, 5.41) is 26.3. The number of carbonyl (C=O) groups excluding carboxylic acids is 1. The van der Waals surface area contributed by atoms with E-state index in [2.05, 4.69) is 10.4 Å². The van der Waals surface area contributed by atoms with Crippen LogP contribution < -0.4 is 5.32 Å². The average Bonchev–Trinajstić information content (AvgIpc) is 3.05. The average molecular weight is 393 g/mol. The van der Waals surface area contributed by atoms with E-state index in [0.29, 0.717) is 5.56 Å². The summed E-state index contributed by atoms with van der Waals surface area (Å²) in [6, 6.07) is 16.9. The highest BCUT2D eigenvalue weighted by Crippen LogP contribution is 2.14. The molecule has 1 aromatic heterocycles. The fourth-order valence-corrected chi connectivity index (χ4v) is 3.18. The molecule has 0 saturated heterocycles. The number of hydrogen-bond donors (Lipinski definition) is 3. The van der Waals surface area contributed by atoms with E-state index in [9.17, 15) is 19.8 Å². The van der Waals surface area contributed by atoms with Crippen molar-refractivity contribution in [2.75, 3.05) is 0 Å². The van der Waals surface area contributed by atoms with Crippen molar-refractivity contribution in [2.24, 2.45) is 0 Å². The number of nitrogens with one attached hydrogen (secondary N) is 1. The van der Waals surface area contributed by atoms with Crippen molar-refractivity contribution in [2.45, 2.75) is 32.4 Å². The van der Waals surface area contributed by atoms with Crippen LogP contribution >= 0.6 is 0 Å². The van der Waals surface area contributed by atoms with Gasteiger partial charge in [-0.15, -0.1) is 0 Å². The maximum absolute atomic E-state index is 12.7. The number of aliphatic hydroxyl groups excluding tert-OH is 1. The highest BCUT2D eigenvalue weighted by atomic mass is 16.4. The van der Waals surface area contributed by atoms with Crippen molar-refractivity contribution < 1.29 is 19.8 Å². The monoisotopic (exact) mass is 393 g/mol. The second-order valence-corrected chi connectivity index (χ2v) is 6.94. The minimum Gasteiger partial charge on any atom is -0.479 e. The highest BCUT2D eigenvalue weighted by Gasteiger charge is 2.28. The molecule has 0 bridgehead atoms. The van der Waals surface area contributed by atoms with Gasteiger partial charge < -0.3 is 15.5 Å². The van der Waals surface area contributed by atoms with Crippen molar-refractivity contribution in [1.82, 2.24) is 15.1 Å². The predicted octanol–water partition coefficient (Wildman–Crippen LogP) is 2.28. The topological polar surface area (TPSA) is 104 Å². The lowest BCUT2D eigenvalue weighted by atomic mass is 10.0. The van der Waals surface area contributed by atoms with Gasteiger partial charge in [0.2, 0.25) is 0 Å². The zero-order valence-corrected chi connectivity index (χ0v) is 16.2. The number of aromatic nitrogens is 2. The first-order chi connectivity index (χ1) is 13.8. The lowest BCUT2D eigenvalue weighted by Crippen LogP contribution is -2.48. The van der Waals surface area contributed by atoms with Crippen molar-refractivity contribution in [3.63, 3.8) is 0 Å². The number of carboxylic acid groups (broad SMARTS) is 1. The molecule has 0 aliphatic heterocycles. The Morgan fingerprint density at radius 1 is 1.07 bits per heavy atom. The number of hydrogen-bond acceptors (Lipinski definition) is 4. The van der Waals surface area contributed by atoms with Crippen molar-refractivity contribution in [3.05, 3.63) is 83.2 Å². The molecule has 0 fully saturated rings. The molecule has 150 valence electrons. The molecule has 3 aromatic rings. The molecule has 0 spiro atoms. The van der Waals surface area contributed by atoms with Gasteiger partial charge >= 0.3 is 5.97 Å². The van der Waals surface area contributed by atoms with Gasteiger partial charge in [0.25, 0.3) is 5.91 Å². The first-order valence-electron chi connectivity index (χ1n) is 9.24. The van der Waals surface area contributed by atoms with Gasteiger partial charge in [-0.25, -0.2) is 9.48 Å². The molecule has 29 heavy (non-hydrogen) atoms. The molecular weight excluding hydrogens is 370 g/mol. The Morgan fingerprint density at radius 2 is 1.72 bits per heavy atom. The number of rotatable bonds is 7. The lowest BCUT2D eigenvalue weighted by molar-refractivity contribution is -0.148. The Labute approximate surface area is 168 Å². The number of nitrogens with zero attached hydrogens (tertiary/aromatic N) is 2. The maximum atomic E-state index is 12.7. The molecule has 0 unspecified atom stereocenters. The standard InChI is InChI=1S/C22H23N3O4/c1-14-12-15(2)25(24-14)18-10-8-17(9-11-18)21(27)23-19(20(26)22(28)29)13-16-6-4-3-5-7-16/h3-12,19-20,26H,13H2,1-2H3,(H,23,27)(H,28,29)/t19-,20-/m1/s1. The Bertz CT molecular complexity index is 997. The van der Waals surface area contributed by atoms with Crippen LogP contribution in [0.3, 0.4) is 0 Å². The third-order valence-electron chi connectivity index (χ3n) is 4.63. The van der Waals surface area contributed by atoms with E-state index in [1.807, 2.05) is 50.2 Å². The summed E-state index contributed by atoms with van der Waals surface area (Å²) in [7, 11) is 0. The zero-order valence-electron chi connectivity index (χ0n) is 16.2.